The first-order valence-corrected chi connectivity index (χ1v) is 6.89. The molecule has 0 saturated carbocycles. The molecule has 1 aromatic rings. The van der Waals surface area contributed by atoms with Crippen molar-refractivity contribution >= 4 is 27.3 Å². The lowest BCUT2D eigenvalue weighted by Crippen LogP contribution is -2.27. The Morgan fingerprint density at radius 1 is 1.47 bits per heavy atom. The van der Waals surface area contributed by atoms with E-state index in [1.165, 1.54) is 13.1 Å². The lowest BCUT2D eigenvalue weighted by molar-refractivity contribution is -0.118. The first kappa shape index (κ1) is 13.9. The predicted molar refractivity (Wildman–Crippen MR) is 63.0 cm³/mol. The van der Waals surface area contributed by atoms with Gasteiger partial charge >= 0.3 is 0 Å². The van der Waals surface area contributed by atoms with Gasteiger partial charge in [-0.2, -0.15) is 0 Å². The highest BCUT2D eigenvalue weighted by molar-refractivity contribution is 7.91. The van der Waals surface area contributed by atoms with Crippen LogP contribution in [0.4, 0.5) is 4.39 Å². The van der Waals surface area contributed by atoms with Crippen LogP contribution in [0.5, 0.6) is 0 Å². The molecule has 0 aliphatic carbocycles. The summed E-state index contributed by atoms with van der Waals surface area (Å²) < 4.78 is 35.9. The monoisotopic (exact) mass is 279 g/mol. The number of amides is 1. The Kier molecular flexibility index (Phi) is 4.47. The second-order valence-corrected chi connectivity index (χ2v) is 5.91. The van der Waals surface area contributed by atoms with Gasteiger partial charge in [0.15, 0.2) is 9.84 Å². The summed E-state index contributed by atoms with van der Waals surface area (Å²) in [6, 6.07) is 3.45. The summed E-state index contributed by atoms with van der Waals surface area (Å²) in [7, 11) is -2.25. The van der Waals surface area contributed by atoms with Crippen molar-refractivity contribution < 1.29 is 17.6 Å². The van der Waals surface area contributed by atoms with Gasteiger partial charge in [-0.1, -0.05) is 17.7 Å². The highest BCUT2D eigenvalue weighted by Crippen LogP contribution is 2.19. The maximum absolute atomic E-state index is 12.7. The van der Waals surface area contributed by atoms with Crippen LogP contribution >= 0.6 is 11.6 Å². The Labute approximate surface area is 104 Å². The van der Waals surface area contributed by atoms with Gasteiger partial charge in [-0.05, 0) is 17.7 Å². The summed E-state index contributed by atoms with van der Waals surface area (Å²) in [6.45, 7) is 0. The van der Waals surface area contributed by atoms with E-state index in [1.54, 1.807) is 0 Å². The van der Waals surface area contributed by atoms with Crippen molar-refractivity contribution in [3.05, 3.63) is 34.6 Å². The number of halogens is 2. The number of hydrogen-bond acceptors (Lipinski definition) is 3. The number of sulfone groups is 1. The minimum atomic E-state index is -3.60. The van der Waals surface area contributed by atoms with Gasteiger partial charge in [0.2, 0.25) is 5.91 Å². The van der Waals surface area contributed by atoms with E-state index in [9.17, 15) is 17.6 Å². The second-order valence-electron chi connectivity index (χ2n) is 3.44. The quantitative estimate of drug-likeness (QED) is 0.899. The van der Waals surface area contributed by atoms with Gasteiger partial charge in [0.1, 0.15) is 11.6 Å². The van der Waals surface area contributed by atoms with Crippen molar-refractivity contribution in [1.29, 1.82) is 0 Å². The first-order valence-electron chi connectivity index (χ1n) is 4.69. The van der Waals surface area contributed by atoms with Crippen LogP contribution in [0.15, 0.2) is 18.2 Å². The molecule has 0 aliphatic rings. The maximum atomic E-state index is 12.7. The van der Waals surface area contributed by atoms with E-state index < -0.39 is 27.3 Å². The van der Waals surface area contributed by atoms with Crippen molar-refractivity contribution in [2.24, 2.45) is 0 Å². The Balaban J connectivity index is 2.87. The van der Waals surface area contributed by atoms with E-state index in [0.717, 1.165) is 12.1 Å². The fourth-order valence-corrected chi connectivity index (χ4v) is 2.88. The van der Waals surface area contributed by atoms with Crippen LogP contribution in [-0.4, -0.2) is 27.1 Å². The third kappa shape index (κ3) is 4.32. The zero-order chi connectivity index (χ0) is 13.1. The summed E-state index contributed by atoms with van der Waals surface area (Å²) in [5.74, 6) is -2.14. The number of rotatable bonds is 4. The average molecular weight is 280 g/mol. The Morgan fingerprint density at radius 2 is 2.12 bits per heavy atom. The summed E-state index contributed by atoms with van der Waals surface area (Å²) in [6.07, 6.45) is 0. The smallest absolute Gasteiger partial charge is 0.234 e. The molecule has 7 heteroatoms. The molecule has 0 atom stereocenters. The van der Waals surface area contributed by atoms with Gasteiger partial charge in [-0.25, -0.2) is 12.8 Å². The fraction of sp³-hybridized carbons (Fsp3) is 0.300. The standard InChI is InChI=1S/C10H11ClFNO3S/c1-13-10(14)6-17(15,16)5-7-2-3-8(12)4-9(7)11/h2-4H,5-6H2,1H3,(H,13,14). The number of carbonyl (C=O) groups excluding carboxylic acids is 1. The molecule has 0 unspecified atom stereocenters. The van der Waals surface area contributed by atoms with Gasteiger partial charge in [0.25, 0.3) is 0 Å². The molecule has 0 bridgehead atoms. The molecule has 0 radical (unpaired) electrons. The Hall–Kier alpha value is -1.14. The third-order valence-electron chi connectivity index (χ3n) is 2.02. The van der Waals surface area contributed by atoms with Crippen LogP contribution in [0.3, 0.4) is 0 Å². The molecule has 1 N–H and O–H groups in total. The fourth-order valence-electron chi connectivity index (χ4n) is 1.20. The van der Waals surface area contributed by atoms with Crippen molar-refractivity contribution in [3.63, 3.8) is 0 Å². The van der Waals surface area contributed by atoms with Gasteiger partial charge in [-0.3, -0.25) is 4.79 Å². The lowest BCUT2D eigenvalue weighted by Gasteiger charge is -2.05. The van der Waals surface area contributed by atoms with Crippen LogP contribution in [0, 0.1) is 5.82 Å². The summed E-state index contributed by atoms with van der Waals surface area (Å²) in [4.78, 5) is 11.0. The van der Waals surface area contributed by atoms with Crippen molar-refractivity contribution in [2.75, 3.05) is 12.8 Å². The van der Waals surface area contributed by atoms with Crippen LogP contribution in [0.1, 0.15) is 5.56 Å². The molecule has 0 saturated heterocycles. The van der Waals surface area contributed by atoms with E-state index in [0.29, 0.717) is 0 Å². The number of benzene rings is 1. The van der Waals surface area contributed by atoms with Crippen molar-refractivity contribution in [2.45, 2.75) is 5.75 Å². The van der Waals surface area contributed by atoms with Crippen LogP contribution in [0.25, 0.3) is 0 Å². The number of hydrogen-bond donors (Lipinski definition) is 1. The molecular formula is C10H11ClFNO3S. The average Bonchev–Trinajstić information content (AvgIpc) is 2.21. The van der Waals surface area contributed by atoms with E-state index in [2.05, 4.69) is 5.32 Å². The SMILES string of the molecule is CNC(=O)CS(=O)(=O)Cc1ccc(F)cc1Cl. The van der Waals surface area contributed by atoms with Gasteiger partial charge in [0, 0.05) is 12.1 Å². The zero-order valence-corrected chi connectivity index (χ0v) is 10.6. The van der Waals surface area contributed by atoms with E-state index in [1.807, 2.05) is 0 Å². The molecule has 17 heavy (non-hydrogen) atoms. The topological polar surface area (TPSA) is 63.2 Å². The first-order chi connectivity index (χ1) is 7.84. The third-order valence-corrected chi connectivity index (χ3v) is 3.83. The largest absolute Gasteiger partial charge is 0.358 e. The number of nitrogens with one attached hydrogen (secondary N) is 1. The van der Waals surface area contributed by atoms with Crippen LogP contribution in [0.2, 0.25) is 5.02 Å². The minimum absolute atomic E-state index is 0.0329. The molecule has 1 aromatic carbocycles. The minimum Gasteiger partial charge on any atom is -0.358 e. The Morgan fingerprint density at radius 3 is 2.65 bits per heavy atom. The van der Waals surface area contributed by atoms with Crippen molar-refractivity contribution in [3.8, 4) is 0 Å². The molecule has 94 valence electrons. The summed E-state index contributed by atoms with van der Waals surface area (Å²) in [5, 5.41) is 2.25. The molecule has 0 aromatic heterocycles. The van der Waals surface area contributed by atoms with E-state index in [-0.39, 0.29) is 16.3 Å². The maximum Gasteiger partial charge on any atom is 0.234 e. The number of carbonyl (C=O) groups is 1. The predicted octanol–water partition coefficient (Wildman–Crippen LogP) is 1.14. The summed E-state index contributed by atoms with van der Waals surface area (Å²) in [5.41, 5.74) is 0.275. The molecule has 1 rings (SSSR count). The molecular weight excluding hydrogens is 269 g/mol. The van der Waals surface area contributed by atoms with Crippen LogP contribution < -0.4 is 5.32 Å². The van der Waals surface area contributed by atoms with Crippen LogP contribution in [-0.2, 0) is 20.4 Å². The highest BCUT2D eigenvalue weighted by Gasteiger charge is 2.18. The molecule has 0 heterocycles. The van der Waals surface area contributed by atoms with E-state index >= 15 is 0 Å². The molecule has 0 aliphatic heterocycles. The second kappa shape index (κ2) is 5.46. The molecule has 1 amide bonds. The molecule has 4 nitrogen and oxygen atoms in total. The zero-order valence-electron chi connectivity index (χ0n) is 9.04. The van der Waals surface area contributed by atoms with Gasteiger partial charge in [-0.15, -0.1) is 0 Å². The Bertz CT molecular complexity index is 530. The lowest BCUT2D eigenvalue weighted by atomic mass is 10.2. The molecule has 0 fully saturated rings. The summed E-state index contributed by atoms with van der Waals surface area (Å²) >= 11 is 5.70. The normalized spacial score (nSPS) is 11.2. The molecule has 0 spiro atoms. The van der Waals surface area contributed by atoms with Gasteiger partial charge < -0.3 is 5.32 Å². The van der Waals surface area contributed by atoms with Crippen molar-refractivity contribution in [1.82, 2.24) is 5.32 Å². The van der Waals surface area contributed by atoms with Gasteiger partial charge in [0.05, 0.1) is 5.75 Å². The van der Waals surface area contributed by atoms with E-state index in [4.69, 9.17) is 11.6 Å². The highest BCUT2D eigenvalue weighted by atomic mass is 35.5.